The van der Waals surface area contributed by atoms with Gasteiger partial charge in [-0.2, -0.15) is 0 Å². The zero-order valence-corrected chi connectivity index (χ0v) is 13.6. The van der Waals surface area contributed by atoms with Crippen molar-refractivity contribution in [3.05, 3.63) is 53.4 Å². The molecular weight excluding hydrogens is 274 g/mol. The Bertz CT molecular complexity index is 612. The molecule has 2 unspecified atom stereocenters. The highest BCUT2D eigenvalue weighted by molar-refractivity contribution is 7.13. The second kappa shape index (κ2) is 6.48. The van der Waals surface area contributed by atoms with Gasteiger partial charge in [-0.05, 0) is 49.1 Å². The van der Waals surface area contributed by atoms with Crippen molar-refractivity contribution in [1.29, 1.82) is 0 Å². The van der Waals surface area contributed by atoms with Crippen molar-refractivity contribution >= 4 is 17.0 Å². The number of anilines is 1. The Morgan fingerprint density at radius 1 is 1.19 bits per heavy atom. The van der Waals surface area contributed by atoms with Crippen molar-refractivity contribution in [2.75, 3.05) is 11.9 Å². The highest BCUT2D eigenvalue weighted by Gasteiger charge is 2.18. The Hall–Kier alpha value is -1.54. The van der Waals surface area contributed by atoms with E-state index in [1.54, 1.807) is 16.9 Å². The standard InChI is InChI=1S/C19H23NS/c1-14-10-15(2)12-16(11-14)13-20-18-7-4-3-6-17(18)19-8-5-9-21-19/h3-10,14,16,20H,11-13H2,1-2H3. The second-order valence-corrected chi connectivity index (χ2v) is 7.15. The number of allylic oxidation sites excluding steroid dienone is 2. The van der Waals surface area contributed by atoms with Crippen LogP contribution in [-0.4, -0.2) is 6.54 Å². The molecule has 0 aliphatic heterocycles. The summed E-state index contributed by atoms with van der Waals surface area (Å²) >= 11 is 1.80. The van der Waals surface area contributed by atoms with Crippen molar-refractivity contribution < 1.29 is 0 Å². The SMILES string of the molecule is CC1=CC(C)CC(CNc2ccccc2-c2cccs2)C1. The minimum Gasteiger partial charge on any atom is -0.384 e. The monoisotopic (exact) mass is 297 g/mol. The fourth-order valence-electron chi connectivity index (χ4n) is 3.38. The van der Waals surface area contributed by atoms with E-state index in [2.05, 4.69) is 67.0 Å². The van der Waals surface area contributed by atoms with Crippen LogP contribution >= 0.6 is 11.3 Å². The molecule has 0 bridgehead atoms. The molecule has 0 fully saturated rings. The molecule has 1 aromatic heterocycles. The smallest absolute Gasteiger partial charge is 0.0428 e. The van der Waals surface area contributed by atoms with E-state index in [1.807, 2.05) is 0 Å². The van der Waals surface area contributed by atoms with Gasteiger partial charge in [0.15, 0.2) is 0 Å². The van der Waals surface area contributed by atoms with Crippen molar-refractivity contribution in [2.45, 2.75) is 26.7 Å². The summed E-state index contributed by atoms with van der Waals surface area (Å²) in [6.07, 6.45) is 4.96. The largest absolute Gasteiger partial charge is 0.384 e. The molecule has 0 saturated carbocycles. The third-order valence-electron chi connectivity index (χ3n) is 4.18. The summed E-state index contributed by atoms with van der Waals surface area (Å²) in [5.41, 5.74) is 4.13. The topological polar surface area (TPSA) is 12.0 Å². The second-order valence-electron chi connectivity index (χ2n) is 6.20. The van der Waals surface area contributed by atoms with Gasteiger partial charge in [0, 0.05) is 22.7 Å². The predicted octanol–water partition coefficient (Wildman–Crippen LogP) is 5.82. The predicted molar refractivity (Wildman–Crippen MR) is 93.9 cm³/mol. The molecule has 2 atom stereocenters. The number of benzene rings is 1. The van der Waals surface area contributed by atoms with Gasteiger partial charge in [0.2, 0.25) is 0 Å². The van der Waals surface area contributed by atoms with Crippen LogP contribution < -0.4 is 5.32 Å². The molecule has 1 N–H and O–H groups in total. The van der Waals surface area contributed by atoms with Crippen LogP contribution in [0.15, 0.2) is 53.4 Å². The van der Waals surface area contributed by atoms with Gasteiger partial charge in [-0.25, -0.2) is 0 Å². The van der Waals surface area contributed by atoms with Crippen molar-refractivity contribution in [3.63, 3.8) is 0 Å². The molecule has 1 nitrogen and oxygen atoms in total. The molecule has 21 heavy (non-hydrogen) atoms. The highest BCUT2D eigenvalue weighted by Crippen LogP contribution is 2.33. The molecule has 2 heteroatoms. The maximum atomic E-state index is 3.69. The molecule has 110 valence electrons. The van der Waals surface area contributed by atoms with Crippen LogP contribution in [0, 0.1) is 11.8 Å². The van der Waals surface area contributed by atoms with Gasteiger partial charge >= 0.3 is 0 Å². The molecule has 1 aromatic carbocycles. The minimum atomic E-state index is 0.720. The van der Waals surface area contributed by atoms with E-state index in [1.165, 1.54) is 29.0 Å². The van der Waals surface area contributed by atoms with E-state index >= 15 is 0 Å². The summed E-state index contributed by atoms with van der Waals surface area (Å²) in [6.45, 7) is 5.66. The lowest BCUT2D eigenvalue weighted by Crippen LogP contribution is -2.20. The van der Waals surface area contributed by atoms with Crippen LogP contribution in [0.5, 0.6) is 0 Å². The van der Waals surface area contributed by atoms with Gasteiger partial charge in [0.1, 0.15) is 0 Å². The highest BCUT2D eigenvalue weighted by atomic mass is 32.1. The average molecular weight is 297 g/mol. The molecule has 2 aromatic rings. The van der Waals surface area contributed by atoms with Crippen LogP contribution in [0.3, 0.4) is 0 Å². The summed E-state index contributed by atoms with van der Waals surface area (Å²) in [5.74, 6) is 1.47. The zero-order chi connectivity index (χ0) is 14.7. The quantitative estimate of drug-likeness (QED) is 0.701. The molecule has 1 heterocycles. The Morgan fingerprint density at radius 3 is 2.81 bits per heavy atom. The molecule has 0 radical (unpaired) electrons. The molecular formula is C19H23NS. The van der Waals surface area contributed by atoms with Gasteiger partial charge in [0.05, 0.1) is 0 Å². The van der Waals surface area contributed by atoms with Crippen LogP contribution in [0.4, 0.5) is 5.69 Å². The Kier molecular flexibility index (Phi) is 4.45. The fraction of sp³-hybridized carbons (Fsp3) is 0.368. The van der Waals surface area contributed by atoms with E-state index in [-0.39, 0.29) is 0 Å². The molecule has 3 rings (SSSR count). The first-order valence-corrected chi connectivity index (χ1v) is 8.64. The third kappa shape index (κ3) is 3.56. The maximum Gasteiger partial charge on any atom is 0.0428 e. The van der Waals surface area contributed by atoms with E-state index in [0.717, 1.165) is 18.4 Å². The first kappa shape index (κ1) is 14.4. The first-order valence-electron chi connectivity index (χ1n) is 7.76. The first-order chi connectivity index (χ1) is 10.2. The molecule has 1 aliphatic carbocycles. The third-order valence-corrected chi connectivity index (χ3v) is 5.08. The molecule has 0 amide bonds. The van der Waals surface area contributed by atoms with E-state index in [0.29, 0.717) is 0 Å². The molecule has 1 aliphatic rings. The Morgan fingerprint density at radius 2 is 2.05 bits per heavy atom. The average Bonchev–Trinajstić information content (AvgIpc) is 2.98. The van der Waals surface area contributed by atoms with Crippen LogP contribution in [0.25, 0.3) is 10.4 Å². The maximum absolute atomic E-state index is 3.69. The van der Waals surface area contributed by atoms with Crippen LogP contribution in [-0.2, 0) is 0 Å². The number of rotatable bonds is 4. The van der Waals surface area contributed by atoms with Crippen molar-refractivity contribution in [1.82, 2.24) is 0 Å². The van der Waals surface area contributed by atoms with Crippen LogP contribution in [0.1, 0.15) is 26.7 Å². The Balaban J connectivity index is 1.70. The van der Waals surface area contributed by atoms with Gasteiger partial charge in [-0.15, -0.1) is 11.3 Å². The van der Waals surface area contributed by atoms with E-state index in [4.69, 9.17) is 0 Å². The lowest BCUT2D eigenvalue weighted by Gasteiger charge is -2.26. The number of thiophene rings is 1. The summed E-state index contributed by atoms with van der Waals surface area (Å²) in [4.78, 5) is 1.34. The minimum absolute atomic E-state index is 0.720. The normalized spacial score (nSPS) is 21.9. The Labute approximate surface area is 131 Å². The van der Waals surface area contributed by atoms with Gasteiger partial charge in [0.25, 0.3) is 0 Å². The van der Waals surface area contributed by atoms with E-state index < -0.39 is 0 Å². The number of para-hydroxylation sites is 1. The van der Waals surface area contributed by atoms with E-state index in [9.17, 15) is 0 Å². The number of nitrogens with one attached hydrogen (secondary N) is 1. The number of hydrogen-bond donors (Lipinski definition) is 1. The lowest BCUT2D eigenvalue weighted by atomic mass is 9.83. The molecule has 0 spiro atoms. The van der Waals surface area contributed by atoms with Gasteiger partial charge in [-0.3, -0.25) is 0 Å². The number of hydrogen-bond acceptors (Lipinski definition) is 2. The summed E-state index contributed by atoms with van der Waals surface area (Å²) in [6, 6.07) is 13.0. The lowest BCUT2D eigenvalue weighted by molar-refractivity contribution is 0.421. The molecule has 0 saturated heterocycles. The van der Waals surface area contributed by atoms with Crippen LogP contribution in [0.2, 0.25) is 0 Å². The van der Waals surface area contributed by atoms with Crippen molar-refractivity contribution in [2.24, 2.45) is 11.8 Å². The summed E-state index contributed by atoms with van der Waals surface area (Å²) in [5, 5.41) is 5.83. The zero-order valence-electron chi connectivity index (χ0n) is 12.8. The van der Waals surface area contributed by atoms with Gasteiger partial charge < -0.3 is 5.32 Å². The van der Waals surface area contributed by atoms with Gasteiger partial charge in [-0.1, -0.05) is 42.8 Å². The van der Waals surface area contributed by atoms with Crippen molar-refractivity contribution in [3.8, 4) is 10.4 Å². The fourth-order valence-corrected chi connectivity index (χ4v) is 4.15. The summed E-state index contributed by atoms with van der Waals surface area (Å²) < 4.78 is 0. The summed E-state index contributed by atoms with van der Waals surface area (Å²) in [7, 11) is 0.